The molecule has 0 N–H and O–H groups in total. The van der Waals surface area contributed by atoms with Crippen LogP contribution in [-0.4, -0.2) is 13.1 Å². The summed E-state index contributed by atoms with van der Waals surface area (Å²) >= 11 is 0. The van der Waals surface area contributed by atoms with E-state index in [9.17, 15) is 4.79 Å². The molecule has 0 spiro atoms. The van der Waals surface area contributed by atoms with Crippen LogP contribution < -0.4 is 4.74 Å². The molecule has 0 unspecified atom stereocenters. The van der Waals surface area contributed by atoms with Gasteiger partial charge in [0.1, 0.15) is 0 Å². The average Bonchev–Trinajstić information content (AvgIpc) is 3.18. The number of nitrogens with zero attached hydrogens (tertiary/aromatic N) is 1. The summed E-state index contributed by atoms with van der Waals surface area (Å²) in [4.78, 5) is 12.0. The summed E-state index contributed by atoms with van der Waals surface area (Å²) in [7, 11) is 1.46. The standard InChI is InChI=1S/C16H20NO3/c1-10(2)17-11(3)13-9-12(5-6-14(13)20-17)16(7-8-16)15(18)19-4/h5-6,9-10H,7-8H2,1-4H3/q+1. The van der Waals surface area contributed by atoms with E-state index in [0.717, 1.165) is 35.1 Å². The number of esters is 1. The largest absolute Gasteiger partial charge is 0.468 e. The Morgan fingerprint density at radius 1 is 1.40 bits per heavy atom. The Balaban J connectivity index is 2.12. The molecule has 0 atom stereocenters. The minimum Gasteiger partial charge on any atom is -0.468 e. The van der Waals surface area contributed by atoms with Gasteiger partial charge in [-0.3, -0.25) is 4.79 Å². The molecule has 1 aromatic carbocycles. The van der Waals surface area contributed by atoms with Crippen molar-refractivity contribution in [3.63, 3.8) is 0 Å². The van der Waals surface area contributed by atoms with Crippen molar-refractivity contribution >= 4 is 16.9 Å². The molecule has 0 saturated heterocycles. The molecule has 0 bridgehead atoms. The number of fused-ring (bicyclic) bond motifs is 1. The van der Waals surface area contributed by atoms with E-state index in [1.807, 2.05) is 23.8 Å². The Kier molecular flexibility index (Phi) is 2.85. The number of benzene rings is 1. The number of carbonyl (C=O) groups excluding carboxylic acids is 1. The summed E-state index contributed by atoms with van der Waals surface area (Å²) in [6.07, 6.45) is 1.73. The lowest BCUT2D eigenvalue weighted by atomic mass is 9.94. The summed E-state index contributed by atoms with van der Waals surface area (Å²) in [5.74, 6) is -0.130. The molecule has 0 amide bonds. The maximum absolute atomic E-state index is 12.0. The van der Waals surface area contributed by atoms with Gasteiger partial charge in [0.25, 0.3) is 0 Å². The van der Waals surface area contributed by atoms with Crippen molar-refractivity contribution in [1.82, 2.24) is 0 Å². The topological polar surface area (TPSA) is 43.3 Å². The molecule has 0 aliphatic heterocycles. The molecule has 4 heteroatoms. The molecule has 1 heterocycles. The van der Waals surface area contributed by atoms with Gasteiger partial charge in [-0.2, -0.15) is 0 Å². The van der Waals surface area contributed by atoms with Gasteiger partial charge < -0.3 is 4.74 Å². The zero-order valence-corrected chi connectivity index (χ0v) is 12.4. The third kappa shape index (κ3) is 1.74. The second-order valence-electron chi connectivity index (χ2n) is 5.88. The lowest BCUT2D eigenvalue weighted by Crippen LogP contribution is -2.36. The molecule has 1 aliphatic carbocycles. The van der Waals surface area contributed by atoms with Crippen LogP contribution in [0.3, 0.4) is 0 Å². The normalized spacial score (nSPS) is 16.6. The quantitative estimate of drug-likeness (QED) is 0.638. The Morgan fingerprint density at radius 2 is 2.10 bits per heavy atom. The van der Waals surface area contributed by atoms with Crippen molar-refractivity contribution in [2.24, 2.45) is 0 Å². The average molecular weight is 274 g/mol. The van der Waals surface area contributed by atoms with Crippen molar-refractivity contribution in [2.75, 3.05) is 7.11 Å². The van der Waals surface area contributed by atoms with Crippen molar-refractivity contribution in [1.29, 1.82) is 0 Å². The van der Waals surface area contributed by atoms with E-state index in [1.165, 1.54) is 7.11 Å². The molecule has 2 aromatic rings. The van der Waals surface area contributed by atoms with E-state index in [4.69, 9.17) is 9.26 Å². The predicted octanol–water partition coefficient (Wildman–Crippen LogP) is 2.81. The molecule has 4 nitrogen and oxygen atoms in total. The van der Waals surface area contributed by atoms with E-state index in [2.05, 4.69) is 19.9 Å². The zero-order valence-electron chi connectivity index (χ0n) is 12.4. The van der Waals surface area contributed by atoms with E-state index in [0.29, 0.717) is 0 Å². The van der Waals surface area contributed by atoms with Gasteiger partial charge in [-0.05, 0) is 35.3 Å². The molecule has 106 valence electrons. The lowest BCUT2D eigenvalue weighted by molar-refractivity contribution is -0.878. The van der Waals surface area contributed by atoms with Crippen molar-refractivity contribution < 1.29 is 18.8 Å². The zero-order chi connectivity index (χ0) is 14.5. The molecular weight excluding hydrogens is 254 g/mol. The second kappa shape index (κ2) is 4.33. The van der Waals surface area contributed by atoms with Crippen molar-refractivity contribution in [2.45, 2.75) is 45.1 Å². The number of carbonyl (C=O) groups is 1. The first-order valence-corrected chi connectivity index (χ1v) is 7.03. The van der Waals surface area contributed by atoms with Gasteiger partial charge in [0, 0.05) is 20.8 Å². The number of aryl methyl sites for hydroxylation is 1. The van der Waals surface area contributed by atoms with Gasteiger partial charge >= 0.3 is 5.97 Å². The second-order valence-corrected chi connectivity index (χ2v) is 5.88. The van der Waals surface area contributed by atoms with Crippen LogP contribution in [0, 0.1) is 6.92 Å². The maximum Gasteiger partial charge on any atom is 0.316 e. The van der Waals surface area contributed by atoms with Gasteiger partial charge in [-0.15, -0.1) is 0 Å². The van der Waals surface area contributed by atoms with Crippen LogP contribution in [0.4, 0.5) is 0 Å². The highest BCUT2D eigenvalue weighted by Gasteiger charge is 2.52. The van der Waals surface area contributed by atoms with E-state index in [-0.39, 0.29) is 12.0 Å². The fraction of sp³-hybridized carbons (Fsp3) is 0.500. The Morgan fingerprint density at radius 3 is 2.65 bits per heavy atom. The smallest absolute Gasteiger partial charge is 0.316 e. The van der Waals surface area contributed by atoms with Crippen LogP contribution in [-0.2, 0) is 14.9 Å². The summed E-state index contributed by atoms with van der Waals surface area (Å²) in [6, 6.07) is 6.30. The summed E-state index contributed by atoms with van der Waals surface area (Å²) < 4.78 is 12.7. The number of rotatable bonds is 3. The fourth-order valence-corrected chi connectivity index (χ4v) is 2.91. The van der Waals surface area contributed by atoms with E-state index < -0.39 is 5.41 Å². The van der Waals surface area contributed by atoms with Crippen LogP contribution >= 0.6 is 0 Å². The molecule has 1 fully saturated rings. The number of hydrogen-bond donors (Lipinski definition) is 0. The van der Waals surface area contributed by atoms with Crippen molar-refractivity contribution in [3.8, 4) is 0 Å². The number of hydrogen-bond acceptors (Lipinski definition) is 3. The van der Waals surface area contributed by atoms with Gasteiger partial charge in [-0.1, -0.05) is 6.07 Å². The van der Waals surface area contributed by atoms with E-state index >= 15 is 0 Å². The van der Waals surface area contributed by atoms with Crippen LogP contribution in [0.2, 0.25) is 0 Å². The summed E-state index contributed by atoms with van der Waals surface area (Å²) in [5.41, 5.74) is 2.57. The highest BCUT2D eigenvalue weighted by atomic mass is 16.5. The number of aromatic nitrogens is 1. The molecule has 3 rings (SSSR count). The molecule has 1 aromatic heterocycles. The Hall–Kier alpha value is -1.84. The highest BCUT2D eigenvalue weighted by Crippen LogP contribution is 2.49. The Bertz CT molecular complexity index is 680. The molecular formula is C16H20NO3+. The van der Waals surface area contributed by atoms with Gasteiger partial charge in [0.2, 0.25) is 11.3 Å². The minimum atomic E-state index is -0.421. The van der Waals surface area contributed by atoms with Gasteiger partial charge in [0.05, 0.1) is 17.9 Å². The third-order valence-electron chi connectivity index (χ3n) is 4.24. The van der Waals surface area contributed by atoms with Crippen molar-refractivity contribution in [3.05, 3.63) is 29.5 Å². The predicted molar refractivity (Wildman–Crippen MR) is 74.5 cm³/mol. The first-order chi connectivity index (χ1) is 9.49. The number of methoxy groups -OCH3 is 1. The maximum atomic E-state index is 12.0. The molecule has 0 radical (unpaired) electrons. The first-order valence-electron chi connectivity index (χ1n) is 7.03. The molecule has 1 saturated carbocycles. The summed E-state index contributed by atoms with van der Waals surface area (Å²) in [5, 5.41) is 1.08. The monoisotopic (exact) mass is 274 g/mol. The SMILES string of the molecule is COC(=O)C1(c2ccc3o[n+](C(C)C)c(C)c3c2)CC1. The van der Waals surface area contributed by atoms with Crippen LogP contribution in [0.25, 0.3) is 11.0 Å². The minimum absolute atomic E-state index is 0.130. The summed E-state index contributed by atoms with van der Waals surface area (Å²) in [6.45, 7) is 6.23. The fourth-order valence-electron chi connectivity index (χ4n) is 2.91. The first kappa shape index (κ1) is 13.2. The third-order valence-corrected chi connectivity index (χ3v) is 4.24. The van der Waals surface area contributed by atoms with Crippen LogP contribution in [0.5, 0.6) is 0 Å². The highest BCUT2D eigenvalue weighted by molar-refractivity contribution is 5.89. The Labute approximate surface area is 118 Å². The molecule has 1 aliphatic rings. The van der Waals surface area contributed by atoms with Gasteiger partial charge in [-0.25, -0.2) is 4.52 Å². The number of ether oxygens (including phenoxy) is 1. The van der Waals surface area contributed by atoms with Crippen LogP contribution in [0.1, 0.15) is 44.0 Å². The van der Waals surface area contributed by atoms with Crippen LogP contribution in [0.15, 0.2) is 22.7 Å². The lowest BCUT2D eigenvalue weighted by Gasteiger charge is -2.12. The molecule has 20 heavy (non-hydrogen) atoms. The van der Waals surface area contributed by atoms with Gasteiger partial charge in [0.15, 0.2) is 6.04 Å². The van der Waals surface area contributed by atoms with E-state index in [1.54, 1.807) is 0 Å².